The van der Waals surface area contributed by atoms with Gasteiger partial charge in [0.2, 0.25) is 0 Å². The second kappa shape index (κ2) is 28.2. The van der Waals surface area contributed by atoms with Crippen LogP contribution in [0.4, 0.5) is 0 Å². The molecule has 0 aromatic heterocycles. The van der Waals surface area contributed by atoms with Crippen molar-refractivity contribution in [2.45, 2.75) is 0 Å². The second-order valence-electron chi connectivity index (χ2n) is 5.73. The van der Waals surface area contributed by atoms with Crippen molar-refractivity contribution in [3.05, 3.63) is 12.8 Å². The molecule has 0 aliphatic rings. The van der Waals surface area contributed by atoms with Crippen molar-refractivity contribution in [2.24, 2.45) is 5.73 Å². The lowest BCUT2D eigenvalue weighted by Crippen LogP contribution is -2.15. The fourth-order valence-corrected chi connectivity index (χ4v) is 1.92. The van der Waals surface area contributed by atoms with E-state index in [9.17, 15) is 0 Å². The second-order valence-corrected chi connectivity index (χ2v) is 5.73. The molecule has 180 valence electrons. The first-order valence-electron chi connectivity index (χ1n) is 10.5. The van der Waals surface area contributed by atoms with E-state index in [1.54, 1.807) is 0 Å². The van der Waals surface area contributed by atoms with Crippen LogP contribution in [0.2, 0.25) is 0 Å². The van der Waals surface area contributed by atoms with E-state index in [0.717, 1.165) is 0 Å². The third-order valence-corrected chi connectivity index (χ3v) is 3.33. The molecule has 0 saturated carbocycles. The minimum Gasteiger partial charge on any atom is -0.499 e. The van der Waals surface area contributed by atoms with Gasteiger partial charge < -0.3 is 48.4 Å². The zero-order valence-corrected chi connectivity index (χ0v) is 18.3. The quantitative estimate of drug-likeness (QED) is 0.141. The summed E-state index contributed by atoms with van der Waals surface area (Å²) in [5.41, 5.74) is 5.31. The summed E-state index contributed by atoms with van der Waals surface area (Å²) in [6.07, 6.45) is 1.40. The molecular weight excluding hydrogens is 398 g/mol. The molecule has 0 amide bonds. The lowest BCUT2D eigenvalue weighted by Gasteiger charge is -2.08. The predicted octanol–water partition coefficient (Wildman–Crippen LogP) is 0.238. The van der Waals surface area contributed by atoms with Gasteiger partial charge in [-0.25, -0.2) is 0 Å². The Bertz CT molecular complexity index is 325. The number of hydrogen-bond donors (Lipinski definition) is 1. The van der Waals surface area contributed by atoms with Gasteiger partial charge in [0.1, 0.15) is 6.61 Å². The number of nitrogens with two attached hydrogens (primary N) is 1. The van der Waals surface area contributed by atoms with Gasteiger partial charge in [0.25, 0.3) is 0 Å². The summed E-state index contributed by atoms with van der Waals surface area (Å²) in [6, 6.07) is 0. The summed E-state index contributed by atoms with van der Waals surface area (Å²) >= 11 is 0. The van der Waals surface area contributed by atoms with E-state index in [2.05, 4.69) is 6.58 Å². The highest BCUT2D eigenvalue weighted by atomic mass is 16.6. The fourth-order valence-electron chi connectivity index (χ4n) is 1.92. The normalized spacial score (nSPS) is 11.1. The van der Waals surface area contributed by atoms with Crippen molar-refractivity contribution >= 4 is 0 Å². The van der Waals surface area contributed by atoms with Crippen molar-refractivity contribution in [1.82, 2.24) is 0 Å². The van der Waals surface area contributed by atoms with Crippen LogP contribution in [0.3, 0.4) is 0 Å². The van der Waals surface area contributed by atoms with Gasteiger partial charge in [0.05, 0.1) is 112 Å². The molecule has 0 fully saturated rings. The van der Waals surface area contributed by atoms with Gasteiger partial charge in [0, 0.05) is 6.54 Å². The first kappa shape index (κ1) is 29.2. The minimum absolute atomic E-state index is 0.508. The van der Waals surface area contributed by atoms with Gasteiger partial charge >= 0.3 is 0 Å². The monoisotopic (exact) mass is 439 g/mol. The molecule has 10 heteroatoms. The molecule has 30 heavy (non-hydrogen) atoms. The van der Waals surface area contributed by atoms with Crippen LogP contribution < -0.4 is 5.73 Å². The van der Waals surface area contributed by atoms with E-state index in [0.29, 0.717) is 119 Å². The average molecular weight is 440 g/mol. The van der Waals surface area contributed by atoms with Gasteiger partial charge in [-0.2, -0.15) is 0 Å². The van der Waals surface area contributed by atoms with Crippen LogP contribution in [0.5, 0.6) is 0 Å². The summed E-state index contributed by atoms with van der Waals surface area (Å²) in [7, 11) is 0. The van der Waals surface area contributed by atoms with E-state index in [4.69, 9.17) is 48.4 Å². The highest BCUT2D eigenvalue weighted by molar-refractivity contribution is 4.47. The highest BCUT2D eigenvalue weighted by Crippen LogP contribution is 1.86. The molecule has 0 atom stereocenters. The number of hydrogen-bond acceptors (Lipinski definition) is 10. The summed E-state index contributed by atoms with van der Waals surface area (Å²) in [5, 5.41) is 0. The van der Waals surface area contributed by atoms with Crippen molar-refractivity contribution in [3.8, 4) is 0 Å². The highest BCUT2D eigenvalue weighted by Gasteiger charge is 1.95. The molecular formula is C20H41NO9. The van der Waals surface area contributed by atoms with E-state index in [1.165, 1.54) is 6.26 Å². The van der Waals surface area contributed by atoms with E-state index >= 15 is 0 Å². The van der Waals surface area contributed by atoms with Crippen molar-refractivity contribution in [2.75, 3.05) is 119 Å². The van der Waals surface area contributed by atoms with Gasteiger partial charge in [-0.15, -0.1) is 0 Å². The maximum absolute atomic E-state index is 5.42. The minimum atomic E-state index is 0.508. The molecule has 0 unspecified atom stereocenters. The van der Waals surface area contributed by atoms with E-state index in [-0.39, 0.29) is 0 Å². The molecule has 10 nitrogen and oxygen atoms in total. The molecule has 2 N–H and O–H groups in total. The molecule has 0 saturated heterocycles. The predicted molar refractivity (Wildman–Crippen MR) is 112 cm³/mol. The maximum atomic E-state index is 5.42. The Hall–Kier alpha value is -0.820. The Morgan fingerprint density at radius 1 is 0.400 bits per heavy atom. The Balaban J connectivity index is 2.98. The van der Waals surface area contributed by atoms with Crippen LogP contribution in [0, 0.1) is 0 Å². The largest absolute Gasteiger partial charge is 0.499 e. The third-order valence-electron chi connectivity index (χ3n) is 3.33. The summed E-state index contributed by atoms with van der Waals surface area (Å²) in [5.74, 6) is 0. The zero-order chi connectivity index (χ0) is 21.8. The van der Waals surface area contributed by atoms with Crippen LogP contribution in [0.15, 0.2) is 12.8 Å². The van der Waals surface area contributed by atoms with Crippen molar-refractivity contribution < 1.29 is 42.6 Å². The van der Waals surface area contributed by atoms with Crippen LogP contribution in [0.25, 0.3) is 0 Å². The number of ether oxygens (including phenoxy) is 9. The van der Waals surface area contributed by atoms with Crippen molar-refractivity contribution in [3.63, 3.8) is 0 Å². The molecule has 0 rings (SSSR count). The third kappa shape index (κ3) is 27.2. The average Bonchev–Trinajstić information content (AvgIpc) is 2.76. The topological polar surface area (TPSA) is 109 Å². The van der Waals surface area contributed by atoms with Gasteiger partial charge in [-0.1, -0.05) is 6.58 Å². The van der Waals surface area contributed by atoms with Crippen molar-refractivity contribution in [1.29, 1.82) is 0 Å². The Morgan fingerprint density at radius 2 is 0.633 bits per heavy atom. The summed E-state index contributed by atoms with van der Waals surface area (Å²) < 4.78 is 47.7. The summed E-state index contributed by atoms with van der Waals surface area (Å²) in [6.45, 7) is 13.1. The fraction of sp³-hybridized carbons (Fsp3) is 0.900. The molecule has 0 heterocycles. The van der Waals surface area contributed by atoms with Gasteiger partial charge in [-0.3, -0.25) is 0 Å². The lowest BCUT2D eigenvalue weighted by molar-refractivity contribution is -0.0238. The van der Waals surface area contributed by atoms with Crippen LogP contribution >= 0.6 is 0 Å². The smallest absolute Gasteiger partial charge is 0.111 e. The molecule has 0 aromatic rings. The van der Waals surface area contributed by atoms with Crippen LogP contribution in [-0.4, -0.2) is 119 Å². The Labute approximate surface area is 180 Å². The van der Waals surface area contributed by atoms with Gasteiger partial charge in [0.15, 0.2) is 0 Å². The van der Waals surface area contributed by atoms with Crippen LogP contribution in [-0.2, 0) is 42.6 Å². The van der Waals surface area contributed by atoms with E-state index < -0.39 is 0 Å². The first-order chi connectivity index (χ1) is 14.9. The molecule has 0 radical (unpaired) electrons. The molecule has 0 aliphatic carbocycles. The Morgan fingerprint density at radius 3 is 0.867 bits per heavy atom. The lowest BCUT2D eigenvalue weighted by atomic mass is 10.6. The van der Waals surface area contributed by atoms with Gasteiger partial charge in [-0.05, 0) is 0 Å². The summed E-state index contributed by atoms with van der Waals surface area (Å²) in [4.78, 5) is 0. The van der Waals surface area contributed by atoms with E-state index in [1.807, 2.05) is 0 Å². The standard InChI is InChI=1S/C20H41NO9/c1-2-22-5-6-24-9-10-26-13-14-28-17-18-30-20-19-29-16-15-27-12-11-25-8-7-23-4-3-21/h2H,1,3-21H2. The Kier molecular flexibility index (Phi) is 27.4. The maximum Gasteiger partial charge on any atom is 0.111 e. The zero-order valence-electron chi connectivity index (χ0n) is 18.3. The van der Waals surface area contributed by atoms with Crippen LogP contribution in [0.1, 0.15) is 0 Å². The molecule has 0 aromatic carbocycles. The molecule has 0 spiro atoms. The first-order valence-corrected chi connectivity index (χ1v) is 10.5. The number of rotatable bonds is 27. The SMILES string of the molecule is C=COCCOCCOCCOCCOCCOCCOCCOCCOCCN. The molecule has 0 bridgehead atoms. The molecule has 0 aliphatic heterocycles.